The number of non-ortho nitro benzene ring substituents is 1. The van der Waals surface area contributed by atoms with Gasteiger partial charge in [0.25, 0.3) is 5.69 Å². The first-order valence-electron chi connectivity index (χ1n) is 7.55. The number of amides is 1. The predicted octanol–water partition coefficient (Wildman–Crippen LogP) is 3.37. The fourth-order valence-corrected chi connectivity index (χ4v) is 2.42. The Morgan fingerprint density at radius 2 is 1.96 bits per heavy atom. The van der Waals surface area contributed by atoms with E-state index in [0.717, 1.165) is 11.1 Å². The maximum absolute atomic E-state index is 12.5. The molecule has 0 aliphatic rings. The first-order valence-corrected chi connectivity index (χ1v) is 7.55. The van der Waals surface area contributed by atoms with Crippen LogP contribution in [0.15, 0.2) is 48.5 Å². The van der Waals surface area contributed by atoms with E-state index in [4.69, 9.17) is 4.74 Å². The Hall–Kier alpha value is -2.89. The quantitative estimate of drug-likeness (QED) is 0.602. The number of likely N-dealkylation sites (N-methyl/N-ethyl adjacent to an activating group) is 1. The highest BCUT2D eigenvalue weighted by Gasteiger charge is 2.19. The summed E-state index contributed by atoms with van der Waals surface area (Å²) in [5.41, 5.74) is 1.61. The Bertz CT molecular complexity index is 745. The van der Waals surface area contributed by atoms with Gasteiger partial charge in [-0.1, -0.05) is 24.3 Å². The van der Waals surface area contributed by atoms with Crippen molar-refractivity contribution in [1.29, 1.82) is 0 Å². The van der Waals surface area contributed by atoms with Gasteiger partial charge in [-0.2, -0.15) is 0 Å². The first-order chi connectivity index (χ1) is 11.4. The largest absolute Gasteiger partial charge is 0.497 e. The standard InChI is InChI=1S/C18H20N2O4/c1-13(15-7-5-8-16(12-15)20(22)23)19(2)18(21)11-14-6-4-9-17(10-14)24-3/h4-10,12-13H,11H2,1-3H3. The van der Waals surface area contributed by atoms with Crippen molar-refractivity contribution in [1.82, 2.24) is 4.90 Å². The molecular formula is C18H20N2O4. The maximum atomic E-state index is 12.5. The molecule has 0 radical (unpaired) electrons. The van der Waals surface area contributed by atoms with Crippen molar-refractivity contribution < 1.29 is 14.5 Å². The molecule has 6 nitrogen and oxygen atoms in total. The first kappa shape index (κ1) is 17.5. The summed E-state index contributed by atoms with van der Waals surface area (Å²) in [4.78, 5) is 24.6. The molecule has 0 N–H and O–H groups in total. The number of ether oxygens (including phenoxy) is 1. The number of nitro benzene ring substituents is 1. The average molecular weight is 328 g/mol. The van der Waals surface area contributed by atoms with E-state index in [1.165, 1.54) is 12.1 Å². The van der Waals surface area contributed by atoms with E-state index in [-0.39, 0.29) is 24.1 Å². The summed E-state index contributed by atoms with van der Waals surface area (Å²) in [6.07, 6.45) is 0.243. The van der Waals surface area contributed by atoms with Crippen molar-refractivity contribution in [3.63, 3.8) is 0 Å². The van der Waals surface area contributed by atoms with Crippen LogP contribution in [0.2, 0.25) is 0 Å². The normalized spacial score (nSPS) is 11.6. The minimum Gasteiger partial charge on any atom is -0.497 e. The van der Waals surface area contributed by atoms with Crippen LogP contribution in [0.1, 0.15) is 24.1 Å². The van der Waals surface area contributed by atoms with E-state index >= 15 is 0 Å². The van der Waals surface area contributed by atoms with E-state index in [2.05, 4.69) is 0 Å². The summed E-state index contributed by atoms with van der Waals surface area (Å²) in [6, 6.07) is 13.4. The molecule has 126 valence electrons. The molecule has 0 saturated carbocycles. The monoisotopic (exact) mass is 328 g/mol. The number of benzene rings is 2. The second-order valence-electron chi connectivity index (χ2n) is 5.56. The lowest BCUT2D eigenvalue weighted by Crippen LogP contribution is -2.31. The molecule has 1 atom stereocenters. The zero-order valence-corrected chi connectivity index (χ0v) is 13.9. The van der Waals surface area contributed by atoms with Crippen LogP contribution in [0.5, 0.6) is 5.75 Å². The van der Waals surface area contributed by atoms with Gasteiger partial charge in [0.2, 0.25) is 5.91 Å². The zero-order valence-electron chi connectivity index (χ0n) is 13.9. The molecule has 24 heavy (non-hydrogen) atoms. The van der Waals surface area contributed by atoms with Gasteiger partial charge in [0.05, 0.1) is 24.5 Å². The van der Waals surface area contributed by atoms with Gasteiger partial charge in [-0.05, 0) is 30.2 Å². The van der Waals surface area contributed by atoms with Crippen LogP contribution in [-0.2, 0) is 11.2 Å². The summed E-state index contributed by atoms with van der Waals surface area (Å²) in [5, 5.41) is 10.9. The third-order valence-corrected chi connectivity index (χ3v) is 4.03. The average Bonchev–Trinajstić information content (AvgIpc) is 2.60. The lowest BCUT2D eigenvalue weighted by atomic mass is 10.1. The highest BCUT2D eigenvalue weighted by Crippen LogP contribution is 2.24. The molecule has 0 bridgehead atoms. The molecule has 2 rings (SSSR count). The number of nitro groups is 1. The molecule has 6 heteroatoms. The van der Waals surface area contributed by atoms with Crippen LogP contribution >= 0.6 is 0 Å². The third-order valence-electron chi connectivity index (χ3n) is 4.03. The van der Waals surface area contributed by atoms with E-state index < -0.39 is 4.92 Å². The number of hydrogen-bond acceptors (Lipinski definition) is 4. The van der Waals surface area contributed by atoms with E-state index in [0.29, 0.717) is 5.75 Å². The van der Waals surface area contributed by atoms with E-state index in [9.17, 15) is 14.9 Å². The van der Waals surface area contributed by atoms with Crippen molar-refractivity contribution in [3.8, 4) is 5.75 Å². The summed E-state index contributed by atoms with van der Waals surface area (Å²) in [6.45, 7) is 1.85. The molecular weight excluding hydrogens is 308 g/mol. The molecule has 0 fully saturated rings. The van der Waals surface area contributed by atoms with Gasteiger partial charge in [-0.25, -0.2) is 0 Å². The van der Waals surface area contributed by atoms with Gasteiger partial charge >= 0.3 is 0 Å². The van der Waals surface area contributed by atoms with E-state index in [1.807, 2.05) is 31.2 Å². The molecule has 0 saturated heterocycles. The topological polar surface area (TPSA) is 72.7 Å². The Morgan fingerprint density at radius 3 is 2.62 bits per heavy atom. The molecule has 0 spiro atoms. The number of nitrogens with zero attached hydrogens (tertiary/aromatic N) is 2. The summed E-state index contributed by atoms with van der Waals surface area (Å²) >= 11 is 0. The summed E-state index contributed by atoms with van der Waals surface area (Å²) in [7, 11) is 3.28. The number of rotatable bonds is 6. The molecule has 0 aliphatic carbocycles. The third kappa shape index (κ3) is 4.10. The minimum atomic E-state index is -0.436. The van der Waals surface area contributed by atoms with Crippen LogP contribution in [0.25, 0.3) is 0 Å². The van der Waals surface area contributed by atoms with Crippen molar-refractivity contribution in [2.75, 3.05) is 14.2 Å². The zero-order chi connectivity index (χ0) is 17.7. The number of carbonyl (C=O) groups is 1. The minimum absolute atomic E-state index is 0.0213. The summed E-state index contributed by atoms with van der Waals surface area (Å²) < 4.78 is 5.16. The van der Waals surface area contributed by atoms with Gasteiger partial charge in [0, 0.05) is 19.2 Å². The number of methoxy groups -OCH3 is 1. The van der Waals surface area contributed by atoms with Crippen molar-refractivity contribution in [2.24, 2.45) is 0 Å². The number of carbonyl (C=O) groups excluding carboxylic acids is 1. The molecule has 1 unspecified atom stereocenters. The van der Waals surface area contributed by atoms with Crippen LogP contribution in [0.4, 0.5) is 5.69 Å². The molecule has 0 aromatic heterocycles. The lowest BCUT2D eigenvalue weighted by molar-refractivity contribution is -0.384. The highest BCUT2D eigenvalue weighted by molar-refractivity contribution is 5.79. The molecule has 2 aromatic rings. The Morgan fingerprint density at radius 1 is 1.25 bits per heavy atom. The SMILES string of the molecule is COc1cccc(CC(=O)N(C)C(C)c2cccc([N+](=O)[O-])c2)c1. The Labute approximate surface area is 140 Å². The van der Waals surface area contributed by atoms with Crippen molar-refractivity contribution in [3.05, 3.63) is 69.8 Å². The van der Waals surface area contributed by atoms with Gasteiger partial charge < -0.3 is 9.64 Å². The number of hydrogen-bond donors (Lipinski definition) is 0. The molecule has 1 amide bonds. The lowest BCUT2D eigenvalue weighted by Gasteiger charge is -2.25. The maximum Gasteiger partial charge on any atom is 0.269 e. The van der Waals surface area contributed by atoms with Crippen LogP contribution in [-0.4, -0.2) is 29.9 Å². The molecule has 2 aromatic carbocycles. The van der Waals surface area contributed by atoms with Crippen molar-refractivity contribution >= 4 is 11.6 Å². The fraction of sp³-hybridized carbons (Fsp3) is 0.278. The Balaban J connectivity index is 2.11. The predicted molar refractivity (Wildman–Crippen MR) is 91.0 cm³/mol. The summed E-state index contributed by atoms with van der Waals surface area (Å²) in [5.74, 6) is 0.636. The Kier molecular flexibility index (Phi) is 5.52. The van der Waals surface area contributed by atoms with Crippen LogP contribution in [0, 0.1) is 10.1 Å². The smallest absolute Gasteiger partial charge is 0.269 e. The van der Waals surface area contributed by atoms with Gasteiger partial charge in [0.1, 0.15) is 5.75 Å². The van der Waals surface area contributed by atoms with E-state index in [1.54, 1.807) is 31.2 Å². The van der Waals surface area contributed by atoms with Gasteiger partial charge in [-0.3, -0.25) is 14.9 Å². The molecule has 0 aliphatic heterocycles. The van der Waals surface area contributed by atoms with Crippen LogP contribution < -0.4 is 4.74 Å². The van der Waals surface area contributed by atoms with Gasteiger partial charge in [0.15, 0.2) is 0 Å². The highest BCUT2D eigenvalue weighted by atomic mass is 16.6. The van der Waals surface area contributed by atoms with Crippen molar-refractivity contribution in [2.45, 2.75) is 19.4 Å². The fourth-order valence-electron chi connectivity index (χ4n) is 2.42. The van der Waals surface area contributed by atoms with Gasteiger partial charge in [-0.15, -0.1) is 0 Å². The second kappa shape index (κ2) is 7.59. The van der Waals surface area contributed by atoms with Crippen LogP contribution in [0.3, 0.4) is 0 Å². The molecule has 0 heterocycles. The second-order valence-corrected chi connectivity index (χ2v) is 5.56.